The number of benzene rings is 1. The van der Waals surface area contributed by atoms with E-state index in [9.17, 15) is 9.90 Å². The molecule has 3 heterocycles. The average Bonchev–Trinajstić information content (AvgIpc) is 3.08. The topological polar surface area (TPSA) is 91.5 Å². The van der Waals surface area contributed by atoms with Crippen LogP contribution in [0.2, 0.25) is 0 Å². The van der Waals surface area contributed by atoms with Gasteiger partial charge in [0.05, 0.1) is 0 Å². The Hall–Kier alpha value is -3.09. The van der Waals surface area contributed by atoms with Gasteiger partial charge in [0, 0.05) is 25.2 Å². The number of rotatable bonds is 3. The van der Waals surface area contributed by atoms with Gasteiger partial charge >= 0.3 is 0 Å². The van der Waals surface area contributed by atoms with E-state index in [0.29, 0.717) is 31.9 Å². The highest BCUT2D eigenvalue weighted by Crippen LogP contribution is 2.27. The van der Waals surface area contributed by atoms with E-state index in [2.05, 4.69) is 20.2 Å². The minimum Gasteiger partial charge on any atom is -0.504 e. The first-order chi connectivity index (χ1) is 12.2. The summed E-state index contributed by atoms with van der Waals surface area (Å²) in [5.41, 5.74) is 1.60. The molecular formula is C18H18N4O3. The summed E-state index contributed by atoms with van der Waals surface area (Å²) in [6.45, 7) is 1.39. The monoisotopic (exact) mass is 338 g/mol. The van der Waals surface area contributed by atoms with E-state index < -0.39 is 0 Å². The van der Waals surface area contributed by atoms with Crippen LogP contribution in [-0.2, 0) is 4.79 Å². The van der Waals surface area contributed by atoms with Gasteiger partial charge in [-0.3, -0.25) is 4.79 Å². The van der Waals surface area contributed by atoms with Crippen LogP contribution in [0.25, 0.3) is 11.1 Å². The Morgan fingerprint density at radius 2 is 2.00 bits per heavy atom. The van der Waals surface area contributed by atoms with Gasteiger partial charge in [-0.2, -0.15) is 4.98 Å². The summed E-state index contributed by atoms with van der Waals surface area (Å²) in [7, 11) is 0. The summed E-state index contributed by atoms with van der Waals surface area (Å²) in [6.07, 6.45) is 2.92. The first-order valence-corrected chi connectivity index (χ1v) is 8.26. The minimum atomic E-state index is -0.123. The van der Waals surface area contributed by atoms with Gasteiger partial charge in [0.15, 0.2) is 17.2 Å². The second-order valence-electron chi connectivity index (χ2n) is 6.09. The molecule has 4 rings (SSSR count). The van der Waals surface area contributed by atoms with Gasteiger partial charge in [0.1, 0.15) is 5.52 Å². The van der Waals surface area contributed by atoms with Crippen LogP contribution in [0.15, 0.2) is 47.0 Å². The maximum absolute atomic E-state index is 12.4. The van der Waals surface area contributed by atoms with E-state index in [1.807, 2.05) is 24.3 Å². The van der Waals surface area contributed by atoms with Crippen LogP contribution >= 0.6 is 0 Å². The standard InChI is InChI=1S/C18H18N4O3/c23-14-5-3-9-19-16(14)21-17(24)12-7-10-22(11-8-12)18-20-13-4-1-2-6-15(13)25-18/h1-6,9,12,23H,7-8,10-11H2,(H,19,21,24). The van der Waals surface area contributed by atoms with Crippen molar-refractivity contribution in [3.63, 3.8) is 0 Å². The second-order valence-corrected chi connectivity index (χ2v) is 6.09. The van der Waals surface area contributed by atoms with Crippen molar-refractivity contribution < 1.29 is 14.3 Å². The number of hydrogen-bond acceptors (Lipinski definition) is 6. The van der Waals surface area contributed by atoms with E-state index in [1.165, 1.54) is 12.3 Å². The van der Waals surface area contributed by atoms with E-state index >= 15 is 0 Å². The predicted octanol–water partition coefficient (Wildman–Crippen LogP) is 2.78. The Morgan fingerprint density at radius 1 is 1.20 bits per heavy atom. The number of fused-ring (bicyclic) bond motifs is 1. The molecule has 1 aliphatic rings. The molecule has 128 valence electrons. The molecule has 1 saturated heterocycles. The van der Waals surface area contributed by atoms with Crippen molar-refractivity contribution in [2.75, 3.05) is 23.3 Å². The maximum Gasteiger partial charge on any atom is 0.298 e. The Bertz CT molecular complexity index is 867. The third-order valence-electron chi connectivity index (χ3n) is 4.45. The summed E-state index contributed by atoms with van der Waals surface area (Å²) >= 11 is 0. The number of amides is 1. The first-order valence-electron chi connectivity index (χ1n) is 8.26. The number of oxazole rings is 1. The van der Waals surface area contributed by atoms with Crippen molar-refractivity contribution in [3.8, 4) is 5.75 Å². The number of aromatic nitrogens is 2. The maximum atomic E-state index is 12.4. The molecule has 0 saturated carbocycles. The fraction of sp³-hybridized carbons (Fsp3) is 0.278. The lowest BCUT2D eigenvalue weighted by Gasteiger charge is -2.30. The number of piperidine rings is 1. The second kappa shape index (κ2) is 6.43. The third kappa shape index (κ3) is 3.13. The summed E-state index contributed by atoms with van der Waals surface area (Å²) in [4.78, 5) is 22.9. The zero-order chi connectivity index (χ0) is 17.2. The van der Waals surface area contributed by atoms with Gasteiger partial charge < -0.3 is 19.7 Å². The average molecular weight is 338 g/mol. The van der Waals surface area contributed by atoms with Crippen LogP contribution < -0.4 is 10.2 Å². The van der Waals surface area contributed by atoms with Crippen LogP contribution in [0.4, 0.5) is 11.8 Å². The molecule has 0 atom stereocenters. The zero-order valence-corrected chi connectivity index (χ0v) is 13.6. The molecule has 7 nitrogen and oxygen atoms in total. The number of aromatic hydroxyl groups is 1. The zero-order valence-electron chi connectivity index (χ0n) is 13.6. The molecule has 0 bridgehead atoms. The normalized spacial score (nSPS) is 15.4. The Labute approximate surface area is 144 Å². The van der Waals surface area contributed by atoms with Gasteiger partial charge in [-0.25, -0.2) is 4.98 Å². The number of carbonyl (C=O) groups excluding carboxylic acids is 1. The van der Waals surface area contributed by atoms with E-state index in [-0.39, 0.29) is 23.4 Å². The van der Waals surface area contributed by atoms with Crippen LogP contribution in [0.3, 0.4) is 0 Å². The lowest BCUT2D eigenvalue weighted by atomic mass is 9.96. The van der Waals surface area contributed by atoms with Gasteiger partial charge in [-0.05, 0) is 37.1 Å². The molecule has 1 aliphatic heterocycles. The van der Waals surface area contributed by atoms with Crippen molar-refractivity contribution in [1.29, 1.82) is 0 Å². The van der Waals surface area contributed by atoms with E-state index in [1.54, 1.807) is 6.07 Å². The molecule has 0 aliphatic carbocycles. The summed E-state index contributed by atoms with van der Waals surface area (Å²) in [5.74, 6) is -0.0677. The Balaban J connectivity index is 1.39. The summed E-state index contributed by atoms with van der Waals surface area (Å²) in [5, 5.41) is 12.4. The van der Waals surface area contributed by atoms with Crippen molar-refractivity contribution in [2.24, 2.45) is 5.92 Å². The molecular weight excluding hydrogens is 320 g/mol. The van der Waals surface area contributed by atoms with Gasteiger partial charge in [-0.1, -0.05) is 12.1 Å². The number of hydrogen-bond donors (Lipinski definition) is 2. The smallest absolute Gasteiger partial charge is 0.298 e. The van der Waals surface area contributed by atoms with Gasteiger partial charge in [0.2, 0.25) is 5.91 Å². The third-order valence-corrected chi connectivity index (χ3v) is 4.45. The summed E-state index contributed by atoms with van der Waals surface area (Å²) in [6, 6.07) is 11.4. The largest absolute Gasteiger partial charge is 0.504 e. The minimum absolute atomic E-state index is 0.0280. The highest BCUT2D eigenvalue weighted by atomic mass is 16.4. The highest BCUT2D eigenvalue weighted by Gasteiger charge is 2.27. The van der Waals surface area contributed by atoms with Crippen LogP contribution in [0.1, 0.15) is 12.8 Å². The number of nitrogens with zero attached hydrogens (tertiary/aromatic N) is 3. The van der Waals surface area contributed by atoms with Crippen LogP contribution in [0, 0.1) is 5.92 Å². The van der Waals surface area contributed by atoms with Crippen LogP contribution in [-0.4, -0.2) is 34.1 Å². The van der Waals surface area contributed by atoms with Crippen molar-refractivity contribution in [1.82, 2.24) is 9.97 Å². The van der Waals surface area contributed by atoms with Crippen molar-refractivity contribution >= 4 is 28.8 Å². The molecule has 25 heavy (non-hydrogen) atoms. The van der Waals surface area contributed by atoms with Crippen molar-refractivity contribution in [3.05, 3.63) is 42.6 Å². The van der Waals surface area contributed by atoms with E-state index in [4.69, 9.17) is 4.42 Å². The first kappa shape index (κ1) is 15.4. The molecule has 2 N–H and O–H groups in total. The lowest BCUT2D eigenvalue weighted by Crippen LogP contribution is -2.38. The number of para-hydroxylation sites is 2. The van der Waals surface area contributed by atoms with Crippen molar-refractivity contribution in [2.45, 2.75) is 12.8 Å². The summed E-state index contributed by atoms with van der Waals surface area (Å²) < 4.78 is 5.79. The molecule has 7 heteroatoms. The SMILES string of the molecule is O=C(Nc1ncccc1O)C1CCN(c2nc3ccccc3o2)CC1. The van der Waals surface area contributed by atoms with Crippen LogP contribution in [0.5, 0.6) is 5.75 Å². The lowest BCUT2D eigenvalue weighted by molar-refractivity contribution is -0.120. The number of pyridine rings is 1. The molecule has 0 spiro atoms. The molecule has 1 fully saturated rings. The number of nitrogens with one attached hydrogen (secondary N) is 1. The van der Waals surface area contributed by atoms with Gasteiger partial charge in [0.25, 0.3) is 6.01 Å². The Kier molecular flexibility index (Phi) is 3.97. The quantitative estimate of drug-likeness (QED) is 0.763. The molecule has 1 aromatic carbocycles. The molecule has 3 aromatic rings. The fourth-order valence-corrected chi connectivity index (χ4v) is 3.04. The molecule has 1 amide bonds. The molecule has 0 radical (unpaired) electrons. The molecule has 0 unspecified atom stereocenters. The highest BCUT2D eigenvalue weighted by molar-refractivity contribution is 5.93. The molecule has 2 aromatic heterocycles. The number of anilines is 2. The van der Waals surface area contributed by atoms with E-state index in [0.717, 1.165) is 11.1 Å². The van der Waals surface area contributed by atoms with Gasteiger partial charge in [-0.15, -0.1) is 0 Å². The Morgan fingerprint density at radius 3 is 2.76 bits per heavy atom. The predicted molar refractivity (Wildman–Crippen MR) is 93.5 cm³/mol. The number of carbonyl (C=O) groups is 1. The fourth-order valence-electron chi connectivity index (χ4n) is 3.04.